The number of thiocarbonyl (C=S) groups is 1. The zero-order valence-electron chi connectivity index (χ0n) is 16.1. The number of benzene rings is 2. The van der Waals surface area contributed by atoms with Crippen LogP contribution in [-0.2, 0) is 9.59 Å². The lowest BCUT2D eigenvalue weighted by molar-refractivity contribution is -0.124. The molecule has 1 fully saturated rings. The molecule has 1 aliphatic rings. The van der Waals surface area contributed by atoms with E-state index < -0.39 is 5.91 Å². The highest BCUT2D eigenvalue weighted by atomic mass is 79.9. The number of amides is 3. The first-order chi connectivity index (χ1) is 14.8. The van der Waals surface area contributed by atoms with Crippen LogP contribution in [0.25, 0.3) is 6.08 Å². The van der Waals surface area contributed by atoms with E-state index >= 15 is 0 Å². The molecule has 1 aliphatic heterocycles. The SMILES string of the molecule is O=C(CCCN1C(=O)/C(=C\c2ccccc2Cl)SC1=S)NNC(=O)c1ccc(Br)cc1. The summed E-state index contributed by atoms with van der Waals surface area (Å²) in [7, 11) is 0. The average molecular weight is 539 g/mol. The van der Waals surface area contributed by atoms with E-state index in [1.54, 1.807) is 36.4 Å². The van der Waals surface area contributed by atoms with Gasteiger partial charge < -0.3 is 0 Å². The first kappa shape index (κ1) is 23.5. The van der Waals surface area contributed by atoms with Crippen molar-refractivity contribution in [3.63, 3.8) is 0 Å². The summed E-state index contributed by atoms with van der Waals surface area (Å²) in [6.07, 6.45) is 2.24. The Morgan fingerprint density at radius 3 is 2.55 bits per heavy atom. The van der Waals surface area contributed by atoms with Crippen LogP contribution in [0.4, 0.5) is 0 Å². The Morgan fingerprint density at radius 2 is 1.84 bits per heavy atom. The summed E-state index contributed by atoms with van der Waals surface area (Å²) in [5.41, 5.74) is 5.91. The molecule has 2 N–H and O–H groups in total. The fourth-order valence-corrected chi connectivity index (χ4v) is 4.44. The van der Waals surface area contributed by atoms with Crippen LogP contribution in [0.2, 0.25) is 5.02 Å². The van der Waals surface area contributed by atoms with E-state index in [1.807, 2.05) is 18.2 Å². The van der Waals surface area contributed by atoms with Crippen molar-refractivity contribution in [2.75, 3.05) is 6.54 Å². The standard InChI is InChI=1S/C21H17BrClN3O3S2/c22-15-9-7-13(8-10-15)19(28)25-24-18(27)6-3-11-26-20(29)17(31-21(26)30)12-14-4-1-2-5-16(14)23/h1-2,4-5,7-10,12H,3,6,11H2,(H,24,27)(H,25,28)/b17-12+. The van der Waals surface area contributed by atoms with Crippen LogP contribution < -0.4 is 10.9 Å². The number of nitrogens with zero attached hydrogens (tertiary/aromatic N) is 1. The molecule has 0 bridgehead atoms. The molecule has 6 nitrogen and oxygen atoms in total. The predicted molar refractivity (Wildman–Crippen MR) is 130 cm³/mol. The van der Waals surface area contributed by atoms with Gasteiger partial charge in [-0.15, -0.1) is 0 Å². The van der Waals surface area contributed by atoms with Gasteiger partial charge in [-0.05, 0) is 48.4 Å². The molecule has 31 heavy (non-hydrogen) atoms. The van der Waals surface area contributed by atoms with E-state index in [9.17, 15) is 14.4 Å². The third-order valence-electron chi connectivity index (χ3n) is 4.27. The quantitative estimate of drug-likeness (QED) is 0.321. The molecule has 0 atom stereocenters. The minimum atomic E-state index is -0.414. The second kappa shape index (κ2) is 10.9. The van der Waals surface area contributed by atoms with E-state index in [0.717, 1.165) is 10.0 Å². The largest absolute Gasteiger partial charge is 0.293 e. The molecular weight excluding hydrogens is 522 g/mol. The summed E-state index contributed by atoms with van der Waals surface area (Å²) in [6.45, 7) is 0.304. The minimum Gasteiger partial charge on any atom is -0.293 e. The predicted octanol–water partition coefficient (Wildman–Crippen LogP) is 4.55. The monoisotopic (exact) mass is 537 g/mol. The summed E-state index contributed by atoms with van der Waals surface area (Å²) in [5.74, 6) is -0.983. The van der Waals surface area contributed by atoms with Gasteiger partial charge in [0.2, 0.25) is 5.91 Å². The van der Waals surface area contributed by atoms with Gasteiger partial charge in [0, 0.05) is 28.0 Å². The van der Waals surface area contributed by atoms with Crippen LogP contribution >= 0.6 is 51.5 Å². The summed E-state index contributed by atoms with van der Waals surface area (Å²) in [6, 6.07) is 14.0. The Kier molecular flexibility index (Phi) is 8.25. The molecule has 0 aliphatic carbocycles. The molecule has 1 saturated heterocycles. The van der Waals surface area contributed by atoms with Gasteiger partial charge in [0.1, 0.15) is 4.32 Å². The molecule has 2 aromatic rings. The van der Waals surface area contributed by atoms with Gasteiger partial charge in [0.05, 0.1) is 4.91 Å². The van der Waals surface area contributed by atoms with Crippen molar-refractivity contribution in [2.45, 2.75) is 12.8 Å². The molecule has 160 valence electrons. The Labute approximate surface area is 202 Å². The maximum Gasteiger partial charge on any atom is 0.269 e. The van der Waals surface area contributed by atoms with Crippen molar-refractivity contribution >= 4 is 79.6 Å². The van der Waals surface area contributed by atoms with Crippen molar-refractivity contribution in [2.24, 2.45) is 0 Å². The highest BCUT2D eigenvalue weighted by Crippen LogP contribution is 2.33. The number of carbonyl (C=O) groups excluding carboxylic acids is 3. The van der Waals surface area contributed by atoms with Gasteiger partial charge in [-0.2, -0.15) is 0 Å². The van der Waals surface area contributed by atoms with Gasteiger partial charge >= 0.3 is 0 Å². The molecule has 1 heterocycles. The lowest BCUT2D eigenvalue weighted by atomic mass is 10.2. The fourth-order valence-electron chi connectivity index (χ4n) is 2.69. The molecule has 0 saturated carbocycles. The van der Waals surface area contributed by atoms with Gasteiger partial charge in [-0.1, -0.05) is 69.7 Å². The summed E-state index contributed by atoms with van der Waals surface area (Å²) in [4.78, 5) is 38.6. The smallest absolute Gasteiger partial charge is 0.269 e. The van der Waals surface area contributed by atoms with Crippen molar-refractivity contribution in [1.29, 1.82) is 0 Å². The summed E-state index contributed by atoms with van der Waals surface area (Å²) < 4.78 is 1.29. The van der Waals surface area contributed by atoms with E-state index in [4.69, 9.17) is 23.8 Å². The van der Waals surface area contributed by atoms with E-state index in [1.165, 1.54) is 16.7 Å². The first-order valence-corrected chi connectivity index (χ1v) is 11.6. The molecule has 3 rings (SSSR count). The summed E-state index contributed by atoms with van der Waals surface area (Å²) in [5, 5.41) is 0.551. The lowest BCUT2D eigenvalue weighted by Crippen LogP contribution is -2.41. The number of hydrogen-bond acceptors (Lipinski definition) is 5. The highest BCUT2D eigenvalue weighted by molar-refractivity contribution is 9.10. The molecule has 0 radical (unpaired) electrons. The van der Waals surface area contributed by atoms with Gasteiger partial charge in [0.25, 0.3) is 11.8 Å². The van der Waals surface area contributed by atoms with Crippen LogP contribution in [0.15, 0.2) is 57.9 Å². The average Bonchev–Trinajstić information content (AvgIpc) is 3.01. The maximum absolute atomic E-state index is 12.6. The van der Waals surface area contributed by atoms with E-state index in [0.29, 0.717) is 32.8 Å². The maximum atomic E-state index is 12.6. The second-order valence-electron chi connectivity index (χ2n) is 6.47. The number of hydrazine groups is 1. The number of halogens is 2. The highest BCUT2D eigenvalue weighted by Gasteiger charge is 2.31. The Balaban J connectivity index is 1.46. The number of hydrogen-bond donors (Lipinski definition) is 2. The van der Waals surface area contributed by atoms with Crippen molar-refractivity contribution in [3.05, 3.63) is 74.1 Å². The van der Waals surface area contributed by atoms with Crippen molar-refractivity contribution in [1.82, 2.24) is 15.8 Å². The summed E-state index contributed by atoms with van der Waals surface area (Å²) >= 11 is 16.0. The molecule has 2 aromatic carbocycles. The molecule has 0 aromatic heterocycles. The Morgan fingerprint density at radius 1 is 1.13 bits per heavy atom. The van der Waals surface area contributed by atoms with Crippen LogP contribution in [0.1, 0.15) is 28.8 Å². The Bertz CT molecular complexity index is 1060. The normalized spacial score (nSPS) is 14.8. The van der Waals surface area contributed by atoms with Crippen LogP contribution in [-0.4, -0.2) is 33.5 Å². The van der Waals surface area contributed by atoms with Crippen molar-refractivity contribution < 1.29 is 14.4 Å². The number of thioether (sulfide) groups is 1. The third-order valence-corrected chi connectivity index (χ3v) is 6.52. The molecule has 3 amide bonds. The topological polar surface area (TPSA) is 78.5 Å². The first-order valence-electron chi connectivity index (χ1n) is 9.20. The molecular formula is C21H17BrClN3O3S2. The lowest BCUT2D eigenvalue weighted by Gasteiger charge is -2.14. The van der Waals surface area contributed by atoms with Gasteiger partial charge in [0.15, 0.2) is 0 Å². The second-order valence-corrected chi connectivity index (χ2v) is 9.47. The van der Waals surface area contributed by atoms with Crippen LogP contribution in [0.5, 0.6) is 0 Å². The molecule has 10 heteroatoms. The van der Waals surface area contributed by atoms with E-state index in [-0.39, 0.29) is 18.2 Å². The van der Waals surface area contributed by atoms with Crippen LogP contribution in [0.3, 0.4) is 0 Å². The van der Waals surface area contributed by atoms with Gasteiger partial charge in [-0.25, -0.2) is 0 Å². The number of nitrogens with one attached hydrogen (secondary N) is 2. The van der Waals surface area contributed by atoms with Crippen LogP contribution in [0, 0.1) is 0 Å². The van der Waals surface area contributed by atoms with Crippen molar-refractivity contribution in [3.8, 4) is 0 Å². The minimum absolute atomic E-state index is 0.126. The number of rotatable bonds is 6. The Hall–Kier alpha value is -2.20. The fraction of sp³-hybridized carbons (Fsp3) is 0.143. The number of carbonyl (C=O) groups is 3. The zero-order valence-corrected chi connectivity index (χ0v) is 20.0. The van der Waals surface area contributed by atoms with E-state index in [2.05, 4.69) is 26.8 Å². The zero-order chi connectivity index (χ0) is 22.4. The van der Waals surface area contributed by atoms with Gasteiger partial charge in [-0.3, -0.25) is 30.1 Å². The third kappa shape index (κ3) is 6.39. The molecule has 0 unspecified atom stereocenters. The molecule has 0 spiro atoms.